The van der Waals surface area contributed by atoms with E-state index >= 15 is 0 Å². The predicted octanol–water partition coefficient (Wildman–Crippen LogP) is -1.17. The Bertz CT molecular complexity index is 144. The van der Waals surface area contributed by atoms with Crippen molar-refractivity contribution < 1.29 is 25.5 Å². The second-order valence-electron chi connectivity index (χ2n) is 3.84. The minimum absolute atomic E-state index is 0. The molecule has 0 fully saturated rings. The zero-order valence-corrected chi connectivity index (χ0v) is 12.1. The zero-order valence-electron chi connectivity index (χ0n) is 11.2. The molecule has 0 radical (unpaired) electrons. The lowest BCUT2D eigenvalue weighted by Gasteiger charge is -2.39. The first kappa shape index (κ1) is 23.2. The van der Waals surface area contributed by atoms with Crippen molar-refractivity contribution in [3.05, 3.63) is 0 Å². The minimum atomic E-state index is -1.18. The number of aliphatic hydroxyl groups is 5. The molecule has 7 heteroatoms. The maximum absolute atomic E-state index is 9.08. The van der Waals surface area contributed by atoms with Crippen molar-refractivity contribution in [2.75, 3.05) is 46.1 Å². The average molecular weight is 290 g/mol. The molecule has 0 aliphatic heterocycles. The van der Waals surface area contributed by atoms with Crippen LogP contribution >= 0.6 is 12.4 Å². The number of halogens is 1. The van der Waals surface area contributed by atoms with E-state index in [1.807, 2.05) is 0 Å². The van der Waals surface area contributed by atoms with Crippen LogP contribution in [0, 0.1) is 0 Å². The van der Waals surface area contributed by atoms with E-state index in [0.717, 1.165) is 0 Å². The molecule has 6 nitrogen and oxygen atoms in total. The molecule has 0 aromatic heterocycles. The first-order valence-electron chi connectivity index (χ1n) is 5.91. The fourth-order valence-electron chi connectivity index (χ4n) is 1.28. The fraction of sp³-hybridized carbons (Fsp3) is 1.00. The predicted molar refractivity (Wildman–Crippen MR) is 72.9 cm³/mol. The maximum Gasteiger partial charge on any atom is 0.0908 e. The minimum Gasteiger partial charge on any atom is -0.395 e. The second kappa shape index (κ2) is 15.1. The Labute approximate surface area is 115 Å². The number of rotatable bonds is 8. The molecule has 0 spiro atoms. The van der Waals surface area contributed by atoms with Gasteiger partial charge in [0.2, 0.25) is 0 Å². The van der Waals surface area contributed by atoms with Crippen LogP contribution in [0.2, 0.25) is 0 Å². The number of β-amino-alcohol motifs (C(OH)–C–C–N with tert-alkyl or cyclic N) is 2. The van der Waals surface area contributed by atoms with Crippen molar-refractivity contribution in [1.82, 2.24) is 4.90 Å². The summed E-state index contributed by atoms with van der Waals surface area (Å²) in [6, 6.07) is 0. The van der Waals surface area contributed by atoms with Gasteiger partial charge in [-0.2, -0.15) is 0 Å². The van der Waals surface area contributed by atoms with Gasteiger partial charge in [0, 0.05) is 13.1 Å². The SMILES string of the molecule is CCC.Cl.OCCN(CCO)C(CO)(CO)CO. The molecule has 0 aromatic carbocycles. The lowest BCUT2D eigenvalue weighted by molar-refractivity contribution is -0.0578. The fourth-order valence-corrected chi connectivity index (χ4v) is 1.28. The molecule has 0 saturated heterocycles. The Kier molecular flexibility index (Phi) is 19.4. The first-order chi connectivity index (χ1) is 8.12. The molecule has 0 unspecified atom stereocenters. The summed E-state index contributed by atoms with van der Waals surface area (Å²) in [4.78, 5) is 1.47. The molecule has 0 saturated carbocycles. The van der Waals surface area contributed by atoms with Gasteiger partial charge in [0.05, 0.1) is 38.6 Å². The van der Waals surface area contributed by atoms with Gasteiger partial charge in [0.25, 0.3) is 0 Å². The Morgan fingerprint density at radius 3 is 1.22 bits per heavy atom. The first-order valence-corrected chi connectivity index (χ1v) is 5.91. The Hall–Kier alpha value is 0.0500. The van der Waals surface area contributed by atoms with Crippen LogP contribution in [0.1, 0.15) is 20.3 Å². The number of hydrogen-bond acceptors (Lipinski definition) is 6. The highest BCUT2D eigenvalue weighted by Crippen LogP contribution is 2.13. The highest BCUT2D eigenvalue weighted by Gasteiger charge is 2.34. The molecular formula is C11H28ClNO5. The molecule has 114 valence electrons. The van der Waals surface area contributed by atoms with Crippen LogP contribution in [-0.4, -0.2) is 82.1 Å². The summed E-state index contributed by atoms with van der Waals surface area (Å²) in [5.41, 5.74) is -1.18. The van der Waals surface area contributed by atoms with E-state index in [4.69, 9.17) is 25.5 Å². The van der Waals surface area contributed by atoms with Crippen molar-refractivity contribution in [2.24, 2.45) is 0 Å². The van der Waals surface area contributed by atoms with Crippen molar-refractivity contribution in [3.8, 4) is 0 Å². The molecule has 5 N–H and O–H groups in total. The summed E-state index contributed by atoms with van der Waals surface area (Å²) in [5, 5.41) is 44.7. The molecule has 0 aliphatic carbocycles. The van der Waals surface area contributed by atoms with Crippen LogP contribution in [-0.2, 0) is 0 Å². The third kappa shape index (κ3) is 8.20. The van der Waals surface area contributed by atoms with Crippen LogP contribution in [0.4, 0.5) is 0 Å². The highest BCUT2D eigenvalue weighted by atomic mass is 35.5. The summed E-state index contributed by atoms with van der Waals surface area (Å²) in [7, 11) is 0. The van der Waals surface area contributed by atoms with Gasteiger partial charge >= 0.3 is 0 Å². The van der Waals surface area contributed by atoms with E-state index in [-0.39, 0.29) is 38.7 Å². The van der Waals surface area contributed by atoms with Gasteiger partial charge in [-0.3, -0.25) is 4.90 Å². The summed E-state index contributed by atoms with van der Waals surface area (Å²) in [5.74, 6) is 0. The number of nitrogens with zero attached hydrogens (tertiary/aromatic N) is 1. The largest absolute Gasteiger partial charge is 0.395 e. The van der Waals surface area contributed by atoms with Crippen LogP contribution in [0.25, 0.3) is 0 Å². The standard InChI is InChI=1S/C8H19NO5.C3H8.ClH/c10-3-1-9(2-4-11)8(5-12,6-13)7-14;1-3-2;/h10-14H,1-7H2;3H2,1-2H3;1H. The van der Waals surface area contributed by atoms with Gasteiger partial charge in [0.1, 0.15) is 0 Å². The lowest BCUT2D eigenvalue weighted by Crippen LogP contribution is -2.58. The summed E-state index contributed by atoms with van der Waals surface area (Å²) in [6.07, 6.45) is 1.25. The average Bonchev–Trinajstić information content (AvgIpc) is 2.33. The quantitative estimate of drug-likeness (QED) is 0.386. The van der Waals surface area contributed by atoms with Crippen molar-refractivity contribution in [2.45, 2.75) is 25.8 Å². The van der Waals surface area contributed by atoms with Gasteiger partial charge in [-0.05, 0) is 0 Å². The molecule has 0 bridgehead atoms. The van der Waals surface area contributed by atoms with Gasteiger partial charge in [-0.25, -0.2) is 0 Å². The third-order valence-electron chi connectivity index (χ3n) is 2.29. The van der Waals surface area contributed by atoms with E-state index in [2.05, 4.69) is 13.8 Å². The third-order valence-corrected chi connectivity index (χ3v) is 2.29. The molecule has 0 heterocycles. The summed E-state index contributed by atoms with van der Waals surface area (Å²) in [6.45, 7) is 2.99. The Balaban J connectivity index is -0.000000507. The van der Waals surface area contributed by atoms with Gasteiger partial charge in [-0.1, -0.05) is 20.3 Å². The Morgan fingerprint density at radius 1 is 0.778 bits per heavy atom. The number of hydrogen-bond donors (Lipinski definition) is 5. The maximum atomic E-state index is 9.08. The molecule has 0 amide bonds. The van der Waals surface area contributed by atoms with E-state index in [1.54, 1.807) is 0 Å². The molecule has 0 aliphatic rings. The van der Waals surface area contributed by atoms with Crippen LogP contribution in [0.3, 0.4) is 0 Å². The molecule has 0 aromatic rings. The number of aliphatic hydroxyl groups excluding tert-OH is 5. The van der Waals surface area contributed by atoms with Crippen LogP contribution in [0.5, 0.6) is 0 Å². The molecule has 0 rings (SSSR count). The van der Waals surface area contributed by atoms with Crippen molar-refractivity contribution >= 4 is 12.4 Å². The molecule has 18 heavy (non-hydrogen) atoms. The summed E-state index contributed by atoms with van der Waals surface area (Å²) < 4.78 is 0. The molecular weight excluding hydrogens is 262 g/mol. The van der Waals surface area contributed by atoms with Gasteiger partial charge < -0.3 is 25.5 Å². The topological polar surface area (TPSA) is 104 Å². The van der Waals surface area contributed by atoms with E-state index in [0.29, 0.717) is 0 Å². The normalized spacial score (nSPS) is 10.7. The van der Waals surface area contributed by atoms with E-state index in [1.165, 1.54) is 11.3 Å². The zero-order chi connectivity index (χ0) is 13.7. The molecule has 0 atom stereocenters. The van der Waals surface area contributed by atoms with Gasteiger partial charge in [0.15, 0.2) is 0 Å². The van der Waals surface area contributed by atoms with Crippen LogP contribution < -0.4 is 0 Å². The Morgan fingerprint density at radius 2 is 1.06 bits per heavy atom. The van der Waals surface area contributed by atoms with Gasteiger partial charge in [-0.15, -0.1) is 12.4 Å². The summed E-state index contributed by atoms with van der Waals surface area (Å²) >= 11 is 0. The smallest absolute Gasteiger partial charge is 0.0908 e. The second-order valence-corrected chi connectivity index (χ2v) is 3.84. The van der Waals surface area contributed by atoms with Crippen molar-refractivity contribution in [1.29, 1.82) is 0 Å². The lowest BCUT2D eigenvalue weighted by atomic mass is 10.0. The highest BCUT2D eigenvalue weighted by molar-refractivity contribution is 5.85. The van der Waals surface area contributed by atoms with E-state index < -0.39 is 25.4 Å². The van der Waals surface area contributed by atoms with Crippen LogP contribution in [0.15, 0.2) is 0 Å². The van der Waals surface area contributed by atoms with E-state index in [9.17, 15) is 0 Å². The monoisotopic (exact) mass is 289 g/mol. The van der Waals surface area contributed by atoms with Crippen molar-refractivity contribution in [3.63, 3.8) is 0 Å².